The molecule has 1 N–H and O–H groups in total. The van der Waals surface area contributed by atoms with Crippen molar-refractivity contribution in [3.8, 4) is 0 Å². The van der Waals surface area contributed by atoms with Crippen LogP contribution in [-0.4, -0.2) is 56.5 Å². The van der Waals surface area contributed by atoms with Gasteiger partial charge in [-0.15, -0.1) is 0 Å². The lowest BCUT2D eigenvalue weighted by Gasteiger charge is -2.31. The molecule has 0 spiro atoms. The fourth-order valence-corrected chi connectivity index (χ4v) is 4.85. The van der Waals surface area contributed by atoms with Crippen LogP contribution in [0.2, 0.25) is 0 Å². The molecule has 5 heteroatoms. The third-order valence-corrected chi connectivity index (χ3v) is 6.29. The third kappa shape index (κ3) is 3.68. The summed E-state index contributed by atoms with van der Waals surface area (Å²) in [6, 6.07) is 1.31. The lowest BCUT2D eigenvalue weighted by Crippen LogP contribution is -2.46. The molecule has 1 saturated heterocycles. The molecule has 0 radical (unpaired) electrons. The number of rotatable bonds is 5. The maximum atomic E-state index is 11.5. The predicted molar refractivity (Wildman–Crippen MR) is 74.5 cm³/mol. The highest BCUT2D eigenvalue weighted by atomic mass is 32.2. The first-order valence-corrected chi connectivity index (χ1v) is 8.96. The van der Waals surface area contributed by atoms with Crippen LogP contribution in [0, 0.1) is 0 Å². The smallest absolute Gasteiger partial charge is 0.151 e. The van der Waals surface area contributed by atoms with Gasteiger partial charge in [-0.2, -0.15) is 0 Å². The third-order valence-electron chi connectivity index (χ3n) is 4.54. The lowest BCUT2D eigenvalue weighted by atomic mass is 10.1. The molecule has 0 bridgehead atoms. The van der Waals surface area contributed by atoms with Gasteiger partial charge in [0.15, 0.2) is 9.84 Å². The van der Waals surface area contributed by atoms with Gasteiger partial charge >= 0.3 is 0 Å². The van der Waals surface area contributed by atoms with E-state index in [0.717, 1.165) is 13.0 Å². The van der Waals surface area contributed by atoms with Crippen molar-refractivity contribution >= 4 is 9.84 Å². The molecule has 0 aromatic heterocycles. The summed E-state index contributed by atoms with van der Waals surface area (Å²) >= 11 is 0. The van der Waals surface area contributed by atoms with Crippen LogP contribution in [-0.2, 0) is 9.84 Å². The summed E-state index contributed by atoms with van der Waals surface area (Å²) in [5.41, 5.74) is 0. The summed E-state index contributed by atoms with van der Waals surface area (Å²) in [6.45, 7) is 3.16. The topological polar surface area (TPSA) is 49.4 Å². The van der Waals surface area contributed by atoms with Gasteiger partial charge in [0.05, 0.1) is 11.5 Å². The van der Waals surface area contributed by atoms with E-state index in [9.17, 15) is 8.42 Å². The highest BCUT2D eigenvalue weighted by molar-refractivity contribution is 7.91. The van der Waals surface area contributed by atoms with Crippen molar-refractivity contribution in [3.63, 3.8) is 0 Å². The Bertz CT molecular complexity index is 363. The molecule has 1 heterocycles. The molecule has 2 unspecified atom stereocenters. The predicted octanol–water partition coefficient (Wildman–Crippen LogP) is 1.03. The standard InChI is InChI=1S/C13H26N2O2S/c1-11(9-14-12-5-3-4-6-12)15(2)13-7-8-18(16,17)10-13/h11-14H,3-10H2,1-2H3. The van der Waals surface area contributed by atoms with E-state index >= 15 is 0 Å². The van der Waals surface area contributed by atoms with E-state index < -0.39 is 9.84 Å². The molecular formula is C13H26N2O2S. The van der Waals surface area contributed by atoms with E-state index in [4.69, 9.17) is 0 Å². The van der Waals surface area contributed by atoms with Crippen LogP contribution in [0.4, 0.5) is 0 Å². The van der Waals surface area contributed by atoms with Crippen molar-refractivity contribution in [1.82, 2.24) is 10.2 Å². The van der Waals surface area contributed by atoms with E-state index in [-0.39, 0.29) is 6.04 Å². The first kappa shape index (κ1) is 14.3. The SMILES string of the molecule is CC(CNC1CCCC1)N(C)C1CCS(=O)(=O)C1. The monoisotopic (exact) mass is 274 g/mol. The number of hydrogen-bond acceptors (Lipinski definition) is 4. The number of sulfone groups is 1. The van der Waals surface area contributed by atoms with Crippen LogP contribution in [0.1, 0.15) is 39.0 Å². The summed E-state index contributed by atoms with van der Waals surface area (Å²) in [5, 5.41) is 3.62. The van der Waals surface area contributed by atoms with Crippen molar-refractivity contribution in [3.05, 3.63) is 0 Å². The lowest BCUT2D eigenvalue weighted by molar-refractivity contribution is 0.191. The Morgan fingerprint density at radius 3 is 2.50 bits per heavy atom. The summed E-state index contributed by atoms with van der Waals surface area (Å²) in [5.74, 6) is 0.710. The van der Waals surface area contributed by atoms with Crippen LogP contribution < -0.4 is 5.32 Å². The van der Waals surface area contributed by atoms with Crippen LogP contribution in [0.15, 0.2) is 0 Å². The molecule has 0 aromatic rings. The van der Waals surface area contributed by atoms with Gasteiger partial charge in [0.2, 0.25) is 0 Å². The second-order valence-corrected chi connectivity index (χ2v) is 8.19. The van der Waals surface area contributed by atoms with Crippen LogP contribution >= 0.6 is 0 Å². The van der Waals surface area contributed by atoms with Crippen LogP contribution in [0.5, 0.6) is 0 Å². The van der Waals surface area contributed by atoms with Gasteiger partial charge in [0, 0.05) is 24.7 Å². The maximum absolute atomic E-state index is 11.5. The molecule has 0 amide bonds. The summed E-state index contributed by atoms with van der Waals surface area (Å²) in [6.07, 6.45) is 6.10. The molecule has 2 rings (SSSR count). The van der Waals surface area contributed by atoms with Crippen molar-refractivity contribution in [2.75, 3.05) is 25.1 Å². The molecular weight excluding hydrogens is 248 g/mol. The Hall–Kier alpha value is -0.130. The van der Waals surface area contributed by atoms with E-state index in [1.54, 1.807) is 0 Å². The number of hydrogen-bond donors (Lipinski definition) is 1. The minimum absolute atomic E-state index is 0.218. The van der Waals surface area contributed by atoms with Crippen LogP contribution in [0.25, 0.3) is 0 Å². The molecule has 1 saturated carbocycles. The Morgan fingerprint density at radius 2 is 1.94 bits per heavy atom. The normalized spacial score (nSPS) is 30.1. The Balaban J connectivity index is 1.76. The first-order valence-electron chi connectivity index (χ1n) is 7.14. The minimum atomic E-state index is -2.77. The first-order chi connectivity index (χ1) is 8.48. The Morgan fingerprint density at radius 1 is 1.28 bits per heavy atom. The molecule has 2 fully saturated rings. The molecule has 18 heavy (non-hydrogen) atoms. The number of nitrogens with one attached hydrogen (secondary N) is 1. The van der Waals surface area contributed by atoms with E-state index in [2.05, 4.69) is 24.2 Å². The number of nitrogens with zero attached hydrogens (tertiary/aromatic N) is 1. The van der Waals surface area contributed by atoms with Crippen molar-refractivity contribution in [1.29, 1.82) is 0 Å². The van der Waals surface area contributed by atoms with Crippen LogP contribution in [0.3, 0.4) is 0 Å². The van der Waals surface area contributed by atoms with E-state index in [1.165, 1.54) is 25.7 Å². The molecule has 4 nitrogen and oxygen atoms in total. The van der Waals surface area contributed by atoms with Gasteiger partial charge in [0.1, 0.15) is 0 Å². The van der Waals surface area contributed by atoms with E-state index in [0.29, 0.717) is 23.6 Å². The van der Waals surface area contributed by atoms with Gasteiger partial charge in [-0.05, 0) is 33.2 Å². The Kier molecular flexibility index (Phi) is 4.67. The average molecular weight is 274 g/mol. The molecule has 1 aliphatic heterocycles. The van der Waals surface area contributed by atoms with Gasteiger partial charge in [-0.1, -0.05) is 12.8 Å². The summed E-state index contributed by atoms with van der Waals surface area (Å²) < 4.78 is 23.0. The van der Waals surface area contributed by atoms with Crippen molar-refractivity contribution in [2.24, 2.45) is 0 Å². The largest absolute Gasteiger partial charge is 0.312 e. The van der Waals surface area contributed by atoms with Crippen molar-refractivity contribution in [2.45, 2.75) is 57.2 Å². The summed E-state index contributed by atoms with van der Waals surface area (Å²) in [4.78, 5) is 2.24. The van der Waals surface area contributed by atoms with Gasteiger partial charge in [-0.3, -0.25) is 4.90 Å². The maximum Gasteiger partial charge on any atom is 0.151 e. The average Bonchev–Trinajstić information content (AvgIpc) is 2.94. The van der Waals surface area contributed by atoms with Crippen molar-refractivity contribution < 1.29 is 8.42 Å². The summed E-state index contributed by atoms with van der Waals surface area (Å²) in [7, 11) is -0.705. The minimum Gasteiger partial charge on any atom is -0.312 e. The Labute approximate surface area is 111 Å². The highest BCUT2D eigenvalue weighted by Gasteiger charge is 2.32. The molecule has 106 valence electrons. The molecule has 0 aromatic carbocycles. The highest BCUT2D eigenvalue weighted by Crippen LogP contribution is 2.20. The zero-order valence-electron chi connectivity index (χ0n) is 11.6. The molecule has 2 atom stereocenters. The molecule has 1 aliphatic carbocycles. The second-order valence-electron chi connectivity index (χ2n) is 5.96. The van der Waals surface area contributed by atoms with Gasteiger partial charge < -0.3 is 5.32 Å². The van der Waals surface area contributed by atoms with Gasteiger partial charge in [-0.25, -0.2) is 8.42 Å². The zero-order chi connectivity index (χ0) is 13.2. The molecule has 2 aliphatic rings. The fourth-order valence-electron chi connectivity index (χ4n) is 3.07. The van der Waals surface area contributed by atoms with E-state index in [1.807, 2.05) is 0 Å². The second kappa shape index (κ2) is 5.88. The number of likely N-dealkylation sites (N-methyl/N-ethyl adjacent to an activating group) is 1. The fraction of sp³-hybridized carbons (Fsp3) is 1.00. The quantitative estimate of drug-likeness (QED) is 0.813. The van der Waals surface area contributed by atoms with Gasteiger partial charge in [0.25, 0.3) is 0 Å². The zero-order valence-corrected chi connectivity index (χ0v) is 12.4.